The number of halogens is 1. The maximum atomic E-state index is 12.7. The van der Waals surface area contributed by atoms with Gasteiger partial charge in [0.05, 0.1) is 12.1 Å². The first-order valence-corrected chi connectivity index (χ1v) is 9.66. The molecule has 0 fully saturated rings. The Morgan fingerprint density at radius 2 is 1.93 bits per heavy atom. The minimum atomic E-state index is -0.735. The third-order valence-corrected chi connectivity index (χ3v) is 5.08. The van der Waals surface area contributed by atoms with Crippen LogP contribution >= 0.6 is 22.9 Å². The number of hydrogen-bond acceptors (Lipinski definition) is 5. The number of carbonyl (C=O) groups is 3. The zero-order valence-corrected chi connectivity index (χ0v) is 16.6. The van der Waals surface area contributed by atoms with Gasteiger partial charge in [0.25, 0.3) is 5.91 Å². The van der Waals surface area contributed by atoms with E-state index in [1.807, 2.05) is 13.8 Å². The third-order valence-electron chi connectivity index (χ3n) is 4.03. The highest BCUT2D eigenvalue weighted by Gasteiger charge is 2.27. The lowest BCUT2D eigenvalue weighted by atomic mass is 9.98. The molecule has 2 atom stereocenters. The van der Waals surface area contributed by atoms with Crippen molar-refractivity contribution < 1.29 is 14.4 Å². The fourth-order valence-corrected chi connectivity index (χ4v) is 3.17. The summed E-state index contributed by atoms with van der Waals surface area (Å²) in [6.45, 7) is 3.82. The molecule has 4 N–H and O–H groups in total. The Bertz CT molecular complexity index is 822. The van der Waals surface area contributed by atoms with E-state index in [1.165, 1.54) is 11.3 Å². The Morgan fingerprint density at radius 1 is 1.26 bits per heavy atom. The molecule has 0 bridgehead atoms. The first-order chi connectivity index (χ1) is 12.8. The normalized spacial score (nSPS) is 12.9. The van der Waals surface area contributed by atoms with E-state index < -0.39 is 11.9 Å². The van der Waals surface area contributed by atoms with Crippen LogP contribution in [0.15, 0.2) is 29.6 Å². The van der Waals surface area contributed by atoms with Gasteiger partial charge in [0.2, 0.25) is 11.8 Å². The lowest BCUT2D eigenvalue weighted by molar-refractivity contribution is -0.119. The van der Waals surface area contributed by atoms with E-state index in [1.54, 1.807) is 29.6 Å². The van der Waals surface area contributed by atoms with Crippen LogP contribution in [-0.4, -0.2) is 28.7 Å². The number of benzene rings is 1. The number of aromatic nitrogens is 1. The molecule has 0 spiro atoms. The van der Waals surface area contributed by atoms with Gasteiger partial charge in [0.15, 0.2) is 5.13 Å². The van der Waals surface area contributed by atoms with Gasteiger partial charge in [0.1, 0.15) is 6.04 Å². The highest BCUT2D eigenvalue weighted by Crippen LogP contribution is 2.18. The number of rotatable bonds is 8. The molecular formula is C18H21ClN4O3S. The van der Waals surface area contributed by atoms with E-state index in [2.05, 4.69) is 15.6 Å². The number of nitrogens with two attached hydrogens (primary N) is 1. The van der Waals surface area contributed by atoms with Gasteiger partial charge < -0.3 is 16.4 Å². The lowest BCUT2D eigenvalue weighted by Gasteiger charge is -2.23. The lowest BCUT2D eigenvalue weighted by Crippen LogP contribution is -2.47. The van der Waals surface area contributed by atoms with Gasteiger partial charge in [-0.25, -0.2) is 4.98 Å². The SMILES string of the molecule is CCC(C)C(NC(=O)c1ccc(Cl)cc1)C(=O)Nc1nc(CC(N)=O)cs1. The molecule has 27 heavy (non-hydrogen) atoms. The summed E-state index contributed by atoms with van der Waals surface area (Å²) in [5, 5.41) is 8.00. The number of amides is 3. The number of carbonyl (C=O) groups excluding carboxylic acids is 3. The minimum Gasteiger partial charge on any atom is -0.369 e. The minimum absolute atomic E-state index is 0.00840. The first-order valence-electron chi connectivity index (χ1n) is 8.40. The van der Waals surface area contributed by atoms with Gasteiger partial charge in [0, 0.05) is 16.0 Å². The van der Waals surface area contributed by atoms with Gasteiger partial charge in [-0.15, -0.1) is 11.3 Å². The number of primary amides is 1. The molecule has 144 valence electrons. The van der Waals surface area contributed by atoms with Crippen molar-refractivity contribution in [3.05, 3.63) is 45.9 Å². The van der Waals surface area contributed by atoms with Crippen LogP contribution in [0.1, 0.15) is 36.3 Å². The highest BCUT2D eigenvalue weighted by molar-refractivity contribution is 7.13. The molecule has 2 aromatic rings. The number of anilines is 1. The summed E-state index contributed by atoms with van der Waals surface area (Å²) >= 11 is 7.03. The second-order valence-corrected chi connectivity index (χ2v) is 7.41. The Kier molecular flexibility index (Phi) is 7.32. The van der Waals surface area contributed by atoms with E-state index in [4.69, 9.17) is 17.3 Å². The zero-order valence-electron chi connectivity index (χ0n) is 15.0. The molecule has 0 aliphatic heterocycles. The predicted octanol–water partition coefficient (Wildman–Crippen LogP) is 2.61. The number of nitrogens with zero attached hydrogens (tertiary/aromatic N) is 1. The van der Waals surface area contributed by atoms with Crippen LogP contribution in [0.25, 0.3) is 0 Å². The van der Waals surface area contributed by atoms with Crippen molar-refractivity contribution in [3.8, 4) is 0 Å². The predicted molar refractivity (Wildman–Crippen MR) is 106 cm³/mol. The molecule has 3 amide bonds. The average Bonchev–Trinajstić information content (AvgIpc) is 3.05. The van der Waals surface area contributed by atoms with Crippen molar-refractivity contribution in [3.63, 3.8) is 0 Å². The topological polar surface area (TPSA) is 114 Å². The van der Waals surface area contributed by atoms with Crippen LogP contribution in [0, 0.1) is 5.92 Å². The Morgan fingerprint density at radius 3 is 2.52 bits per heavy atom. The maximum Gasteiger partial charge on any atom is 0.251 e. The monoisotopic (exact) mass is 408 g/mol. The van der Waals surface area contributed by atoms with E-state index in [0.29, 0.717) is 27.8 Å². The molecule has 0 saturated heterocycles. The Hall–Kier alpha value is -2.45. The van der Waals surface area contributed by atoms with E-state index in [-0.39, 0.29) is 24.2 Å². The van der Waals surface area contributed by atoms with Crippen molar-refractivity contribution in [2.45, 2.75) is 32.7 Å². The number of thiazole rings is 1. The van der Waals surface area contributed by atoms with E-state index >= 15 is 0 Å². The summed E-state index contributed by atoms with van der Waals surface area (Å²) in [5.74, 6) is -1.32. The molecule has 0 aliphatic carbocycles. The quantitative estimate of drug-likeness (QED) is 0.622. The van der Waals surface area contributed by atoms with Gasteiger partial charge >= 0.3 is 0 Å². The van der Waals surface area contributed by atoms with Crippen molar-refractivity contribution in [2.24, 2.45) is 11.7 Å². The van der Waals surface area contributed by atoms with E-state index in [9.17, 15) is 14.4 Å². The molecule has 0 aliphatic rings. The van der Waals surface area contributed by atoms with Crippen LogP contribution in [0.3, 0.4) is 0 Å². The van der Waals surface area contributed by atoms with Crippen LogP contribution in [0.4, 0.5) is 5.13 Å². The van der Waals surface area contributed by atoms with Crippen molar-refractivity contribution in [2.75, 3.05) is 5.32 Å². The maximum absolute atomic E-state index is 12.7. The largest absolute Gasteiger partial charge is 0.369 e. The molecular weight excluding hydrogens is 388 g/mol. The van der Waals surface area contributed by atoms with Crippen LogP contribution < -0.4 is 16.4 Å². The summed E-state index contributed by atoms with van der Waals surface area (Å²) < 4.78 is 0. The number of nitrogens with one attached hydrogen (secondary N) is 2. The molecule has 1 aromatic carbocycles. The molecule has 9 heteroatoms. The van der Waals surface area contributed by atoms with Crippen molar-refractivity contribution >= 4 is 45.8 Å². The molecule has 0 saturated carbocycles. The standard InChI is InChI=1S/C18H21ClN4O3S/c1-3-10(2)15(22-16(25)11-4-6-12(19)7-5-11)17(26)23-18-21-13(9-27-18)8-14(20)24/h4-7,9-10,15H,3,8H2,1-2H3,(H2,20,24)(H,22,25)(H,21,23,26). The molecule has 7 nitrogen and oxygen atoms in total. The molecule has 1 heterocycles. The molecule has 2 unspecified atom stereocenters. The van der Waals surface area contributed by atoms with Crippen molar-refractivity contribution in [1.82, 2.24) is 10.3 Å². The third kappa shape index (κ3) is 6.04. The summed E-state index contributed by atoms with van der Waals surface area (Å²) in [7, 11) is 0. The number of hydrogen-bond donors (Lipinski definition) is 3. The fraction of sp³-hybridized carbons (Fsp3) is 0.333. The second kappa shape index (κ2) is 9.48. The first kappa shape index (κ1) is 20.9. The van der Waals surface area contributed by atoms with Crippen molar-refractivity contribution in [1.29, 1.82) is 0 Å². The van der Waals surface area contributed by atoms with Gasteiger partial charge in [-0.3, -0.25) is 14.4 Å². The molecule has 1 aromatic heterocycles. The smallest absolute Gasteiger partial charge is 0.251 e. The van der Waals surface area contributed by atoms with Gasteiger partial charge in [-0.05, 0) is 30.2 Å². The highest BCUT2D eigenvalue weighted by atomic mass is 35.5. The zero-order chi connectivity index (χ0) is 20.0. The van der Waals surface area contributed by atoms with E-state index in [0.717, 1.165) is 0 Å². The summed E-state index contributed by atoms with van der Waals surface area (Å²) in [5.41, 5.74) is 6.05. The van der Waals surface area contributed by atoms with Crippen LogP contribution in [0.5, 0.6) is 0 Å². The Labute approximate surface area is 166 Å². The molecule has 0 radical (unpaired) electrons. The molecule has 2 rings (SSSR count). The van der Waals surface area contributed by atoms with Gasteiger partial charge in [-0.2, -0.15) is 0 Å². The summed E-state index contributed by atoms with van der Waals surface area (Å²) in [6.07, 6.45) is 0.707. The average molecular weight is 409 g/mol. The summed E-state index contributed by atoms with van der Waals surface area (Å²) in [4.78, 5) is 40.3. The second-order valence-electron chi connectivity index (χ2n) is 6.12. The summed E-state index contributed by atoms with van der Waals surface area (Å²) in [6, 6.07) is 5.69. The fourth-order valence-electron chi connectivity index (χ4n) is 2.33. The van der Waals surface area contributed by atoms with Crippen LogP contribution in [-0.2, 0) is 16.0 Å². The Balaban J connectivity index is 2.09. The van der Waals surface area contributed by atoms with Gasteiger partial charge in [-0.1, -0.05) is 31.9 Å². The van der Waals surface area contributed by atoms with Crippen LogP contribution in [0.2, 0.25) is 5.02 Å².